The molecular weight excluding hydrogens is 405 g/mol. The maximum atomic E-state index is 6.21. The lowest BCUT2D eigenvalue weighted by Crippen LogP contribution is -2.63. The molecule has 0 fully saturated rings. The Bertz CT molecular complexity index is 1350. The average molecular weight is 438 g/mol. The van der Waals surface area contributed by atoms with Crippen molar-refractivity contribution in [1.82, 2.24) is 4.57 Å². The van der Waals surface area contributed by atoms with Crippen LogP contribution in [0.25, 0.3) is 22.7 Å². The molecule has 2 aromatic carbocycles. The molecule has 0 spiro atoms. The number of rotatable bonds is 4. The fraction of sp³-hybridized carbons (Fsp3) is 0.321. The molecule has 0 unspecified atom stereocenters. The fourth-order valence-corrected chi connectivity index (χ4v) is 5.40. The van der Waals surface area contributed by atoms with Gasteiger partial charge in [-0.15, -0.1) is 0 Å². The summed E-state index contributed by atoms with van der Waals surface area (Å²) in [6.07, 6.45) is 6.63. The molecule has 1 aliphatic heterocycles. The van der Waals surface area contributed by atoms with Crippen LogP contribution in [0.15, 0.2) is 64.7 Å². The molecule has 3 heterocycles. The lowest BCUT2D eigenvalue weighted by molar-refractivity contribution is -0.653. The summed E-state index contributed by atoms with van der Waals surface area (Å²) < 4.78 is 10.9. The number of fused-ring (bicyclic) bond motifs is 3. The van der Waals surface area contributed by atoms with Gasteiger partial charge in [-0.05, 0) is 44.0 Å². The number of imidazole rings is 1. The minimum absolute atomic E-state index is 0.0961. The third kappa shape index (κ3) is 3.33. The van der Waals surface area contributed by atoms with Crippen molar-refractivity contribution >= 4 is 35.3 Å². The number of aryl methyl sites for hydroxylation is 1. The highest BCUT2D eigenvalue weighted by molar-refractivity contribution is 6.82. The molecule has 0 saturated carbocycles. The van der Waals surface area contributed by atoms with E-state index in [4.69, 9.17) is 4.42 Å². The molecule has 0 bridgehead atoms. The van der Waals surface area contributed by atoms with E-state index in [1.807, 2.05) is 6.07 Å². The summed E-state index contributed by atoms with van der Waals surface area (Å²) in [5.74, 6) is 1.81. The van der Waals surface area contributed by atoms with E-state index in [1.54, 1.807) is 0 Å². The third-order valence-corrected chi connectivity index (χ3v) is 7.00. The first-order chi connectivity index (χ1) is 15.8. The van der Waals surface area contributed by atoms with Gasteiger partial charge in [-0.25, -0.2) is 9.13 Å². The van der Waals surface area contributed by atoms with Gasteiger partial charge < -0.3 is 9.23 Å². The van der Waals surface area contributed by atoms with Gasteiger partial charge in [-0.3, -0.25) is 0 Å². The van der Waals surface area contributed by atoms with Gasteiger partial charge in [0.25, 0.3) is 0 Å². The SMILES string of the molecule is CC1=Cc2oc3ccccc3c2N(C)B1c1n(-c2c(C(C)C)cccc2C(C)C)cc[n+]1C. The topological polar surface area (TPSA) is 25.2 Å². The first-order valence-corrected chi connectivity index (χ1v) is 11.9. The van der Waals surface area contributed by atoms with Crippen LogP contribution in [0, 0.1) is 0 Å². The van der Waals surface area contributed by atoms with Crippen LogP contribution in [0.1, 0.15) is 63.3 Å². The van der Waals surface area contributed by atoms with E-state index in [0.717, 1.165) is 22.4 Å². The van der Waals surface area contributed by atoms with Crippen LogP contribution in [0.2, 0.25) is 0 Å². The minimum Gasteiger partial charge on any atom is -0.455 e. The van der Waals surface area contributed by atoms with E-state index >= 15 is 0 Å². The predicted molar refractivity (Wildman–Crippen MR) is 139 cm³/mol. The molecule has 0 radical (unpaired) electrons. The summed E-state index contributed by atoms with van der Waals surface area (Å²) in [6, 6.07) is 15.1. The van der Waals surface area contributed by atoms with Crippen molar-refractivity contribution in [2.75, 3.05) is 11.9 Å². The van der Waals surface area contributed by atoms with Crippen molar-refractivity contribution in [2.45, 2.75) is 46.5 Å². The van der Waals surface area contributed by atoms with Gasteiger partial charge in [-0.1, -0.05) is 63.5 Å². The zero-order chi connectivity index (χ0) is 23.4. The monoisotopic (exact) mass is 438 g/mol. The van der Waals surface area contributed by atoms with E-state index < -0.39 is 0 Å². The zero-order valence-corrected chi connectivity index (χ0v) is 20.8. The summed E-state index contributed by atoms with van der Waals surface area (Å²) >= 11 is 0. The molecule has 5 rings (SSSR count). The van der Waals surface area contributed by atoms with Gasteiger partial charge in [0.2, 0.25) is 5.72 Å². The Kier molecular flexibility index (Phi) is 5.23. The first kappa shape index (κ1) is 21.6. The molecule has 4 aromatic rings. The molecule has 168 valence electrons. The summed E-state index contributed by atoms with van der Waals surface area (Å²) in [5, 5.41) is 1.16. The number of aromatic nitrogens is 2. The smallest absolute Gasteiger partial charge is 0.423 e. The Labute approximate surface area is 197 Å². The van der Waals surface area contributed by atoms with Crippen LogP contribution < -0.4 is 15.1 Å². The van der Waals surface area contributed by atoms with Crippen molar-refractivity contribution in [3.05, 3.63) is 77.2 Å². The van der Waals surface area contributed by atoms with Crippen molar-refractivity contribution in [2.24, 2.45) is 7.05 Å². The van der Waals surface area contributed by atoms with Gasteiger partial charge in [0.05, 0.1) is 12.7 Å². The Hall–Kier alpha value is -3.21. The molecule has 33 heavy (non-hydrogen) atoms. The van der Waals surface area contributed by atoms with Crippen molar-refractivity contribution in [3.8, 4) is 5.69 Å². The van der Waals surface area contributed by atoms with Crippen LogP contribution in [0.4, 0.5) is 5.69 Å². The van der Waals surface area contributed by atoms with Gasteiger partial charge in [0, 0.05) is 16.5 Å². The predicted octanol–water partition coefficient (Wildman–Crippen LogP) is 5.59. The number of benzene rings is 2. The number of hydrogen-bond acceptors (Lipinski definition) is 2. The molecule has 0 N–H and O–H groups in total. The standard InChI is InChI=1S/C28H33BN3O/c1-18(2)21-12-10-13-22(19(3)4)26(21)32-16-15-30(6)28(32)29-20(5)17-25-27(31(29)7)23-11-8-9-14-24(23)33-25/h8-19H,1-7H3/q+1. The summed E-state index contributed by atoms with van der Waals surface area (Å²) in [6.45, 7) is 11.5. The average Bonchev–Trinajstić information content (AvgIpc) is 3.33. The Morgan fingerprint density at radius 2 is 1.58 bits per heavy atom. The van der Waals surface area contributed by atoms with Gasteiger partial charge in [0.15, 0.2) is 0 Å². The maximum Gasteiger partial charge on any atom is 0.423 e. The van der Waals surface area contributed by atoms with E-state index in [1.165, 1.54) is 28.0 Å². The molecule has 1 aliphatic rings. The quantitative estimate of drug-likeness (QED) is 0.307. The Morgan fingerprint density at radius 1 is 0.909 bits per heavy atom. The number of anilines is 1. The lowest BCUT2D eigenvalue weighted by atomic mass is 9.51. The highest BCUT2D eigenvalue weighted by atomic mass is 16.3. The Balaban J connectivity index is 1.74. The maximum absolute atomic E-state index is 6.21. The van der Waals surface area contributed by atoms with Gasteiger partial charge in [-0.2, -0.15) is 0 Å². The summed E-state index contributed by atoms with van der Waals surface area (Å²) in [5.41, 5.74) is 8.70. The Morgan fingerprint density at radius 3 is 2.24 bits per heavy atom. The molecule has 0 atom stereocenters. The number of para-hydroxylation sites is 2. The summed E-state index contributed by atoms with van der Waals surface area (Å²) in [7, 11) is 4.35. The second-order valence-corrected chi connectivity index (χ2v) is 9.94. The van der Waals surface area contributed by atoms with Crippen LogP contribution >= 0.6 is 0 Å². The van der Waals surface area contributed by atoms with E-state index in [0.29, 0.717) is 11.8 Å². The van der Waals surface area contributed by atoms with Crippen LogP contribution in [-0.4, -0.2) is 18.5 Å². The number of nitrogens with zero attached hydrogens (tertiary/aromatic N) is 3. The lowest BCUT2D eigenvalue weighted by Gasteiger charge is -2.29. The second kappa shape index (κ2) is 7.98. The molecule has 0 aliphatic carbocycles. The van der Waals surface area contributed by atoms with Crippen LogP contribution in [0.5, 0.6) is 0 Å². The van der Waals surface area contributed by atoms with Gasteiger partial charge >= 0.3 is 6.85 Å². The first-order valence-electron chi connectivity index (χ1n) is 11.9. The van der Waals surface area contributed by atoms with E-state index in [2.05, 4.69) is 118 Å². The van der Waals surface area contributed by atoms with Crippen molar-refractivity contribution < 1.29 is 8.98 Å². The minimum atomic E-state index is 0.0961. The summed E-state index contributed by atoms with van der Waals surface area (Å²) in [4.78, 5) is 2.38. The molecule has 5 heteroatoms. The molecule has 0 saturated heterocycles. The van der Waals surface area contributed by atoms with Crippen LogP contribution in [0.3, 0.4) is 0 Å². The number of furan rings is 1. The van der Waals surface area contributed by atoms with Gasteiger partial charge in [0.1, 0.15) is 29.4 Å². The number of allylic oxidation sites excluding steroid dienone is 1. The number of hydrogen-bond donors (Lipinski definition) is 0. The van der Waals surface area contributed by atoms with Crippen LogP contribution in [-0.2, 0) is 7.05 Å². The molecule has 2 aromatic heterocycles. The normalized spacial score (nSPS) is 13.9. The molecular formula is C28H33BN3O+. The highest BCUT2D eigenvalue weighted by Crippen LogP contribution is 2.39. The highest BCUT2D eigenvalue weighted by Gasteiger charge is 2.42. The second-order valence-electron chi connectivity index (χ2n) is 9.94. The largest absolute Gasteiger partial charge is 0.455 e. The van der Waals surface area contributed by atoms with E-state index in [-0.39, 0.29) is 6.85 Å². The van der Waals surface area contributed by atoms with E-state index in [9.17, 15) is 0 Å². The molecule has 0 amide bonds. The van der Waals surface area contributed by atoms with Crippen molar-refractivity contribution in [1.29, 1.82) is 0 Å². The third-order valence-electron chi connectivity index (χ3n) is 7.00. The zero-order valence-electron chi connectivity index (χ0n) is 20.8. The fourth-order valence-electron chi connectivity index (χ4n) is 5.40. The molecule has 4 nitrogen and oxygen atoms in total. The van der Waals surface area contributed by atoms with Crippen molar-refractivity contribution in [3.63, 3.8) is 0 Å².